The van der Waals surface area contributed by atoms with E-state index in [-0.39, 0.29) is 17.0 Å². The Morgan fingerprint density at radius 2 is 1.85 bits per heavy atom. The summed E-state index contributed by atoms with van der Waals surface area (Å²) in [6.07, 6.45) is 2.91. The lowest BCUT2D eigenvalue weighted by Gasteiger charge is -2.18. The molecule has 3 rings (SSSR count). The Hall–Kier alpha value is -3.40. The maximum absolute atomic E-state index is 12.9. The molecule has 176 valence electrons. The fourth-order valence-corrected chi connectivity index (χ4v) is 4.54. The van der Waals surface area contributed by atoms with Gasteiger partial charge in [0.2, 0.25) is 5.91 Å². The van der Waals surface area contributed by atoms with Crippen molar-refractivity contribution >= 4 is 33.5 Å². The second-order valence-corrected chi connectivity index (χ2v) is 9.32. The summed E-state index contributed by atoms with van der Waals surface area (Å²) in [6.45, 7) is 0.601. The van der Waals surface area contributed by atoms with E-state index in [2.05, 4.69) is 25.1 Å². The highest BCUT2D eigenvalue weighted by Gasteiger charge is 2.23. The van der Waals surface area contributed by atoms with Crippen LogP contribution in [0.2, 0.25) is 0 Å². The summed E-state index contributed by atoms with van der Waals surface area (Å²) in [7, 11) is -2.63. The minimum Gasteiger partial charge on any atom is -0.453 e. The molecule has 10 heteroatoms. The average Bonchev–Trinajstić information content (AvgIpc) is 3.07. The minimum atomic E-state index is -3.85. The number of amidine groups is 1. The van der Waals surface area contributed by atoms with E-state index >= 15 is 0 Å². The quantitative estimate of drug-likeness (QED) is 0.571. The molecule has 0 aliphatic carbocycles. The molecule has 1 heterocycles. The third kappa shape index (κ3) is 7.31. The number of amides is 2. The lowest BCUT2D eigenvalue weighted by atomic mass is 10.1. The van der Waals surface area contributed by atoms with E-state index in [1.165, 1.54) is 19.2 Å². The van der Waals surface area contributed by atoms with Gasteiger partial charge in [-0.15, -0.1) is 0 Å². The van der Waals surface area contributed by atoms with Crippen molar-refractivity contribution in [1.82, 2.24) is 10.0 Å². The number of rotatable bonds is 7. The molecule has 1 atom stereocenters. The lowest BCUT2D eigenvalue weighted by Crippen LogP contribution is -2.45. The van der Waals surface area contributed by atoms with Gasteiger partial charge in [-0.05, 0) is 36.6 Å². The molecule has 1 aliphatic rings. The third-order valence-corrected chi connectivity index (χ3v) is 6.49. The summed E-state index contributed by atoms with van der Waals surface area (Å²) in [5, 5.41) is 5.21. The Balaban J connectivity index is 1.74. The van der Waals surface area contributed by atoms with Crippen LogP contribution in [0.25, 0.3) is 0 Å². The van der Waals surface area contributed by atoms with Crippen LogP contribution in [0, 0.1) is 0 Å². The van der Waals surface area contributed by atoms with Gasteiger partial charge in [0.05, 0.1) is 12.0 Å². The number of carbonyl (C=O) groups is 2. The number of sulfonamides is 1. The number of methoxy groups -OCH3 is 1. The van der Waals surface area contributed by atoms with E-state index in [9.17, 15) is 18.0 Å². The maximum Gasteiger partial charge on any atom is 0.407 e. The SMILES string of the molecule is COC(=O)NC(Cc1ccccc1)C(=O)Nc1cccc(S(=O)(=O)NC2=NCCCCC2)c1. The molecule has 33 heavy (non-hydrogen) atoms. The molecule has 1 unspecified atom stereocenters. The first-order valence-corrected chi connectivity index (χ1v) is 12.2. The van der Waals surface area contributed by atoms with E-state index in [4.69, 9.17) is 0 Å². The predicted molar refractivity (Wildman–Crippen MR) is 126 cm³/mol. The number of benzene rings is 2. The number of aliphatic imine (C=N–C) groups is 1. The molecular weight excluding hydrogens is 444 g/mol. The zero-order valence-corrected chi connectivity index (χ0v) is 19.2. The smallest absolute Gasteiger partial charge is 0.407 e. The summed E-state index contributed by atoms with van der Waals surface area (Å²) in [5.41, 5.74) is 1.13. The number of hydrogen-bond donors (Lipinski definition) is 3. The lowest BCUT2D eigenvalue weighted by molar-refractivity contribution is -0.118. The second-order valence-electron chi connectivity index (χ2n) is 7.64. The van der Waals surface area contributed by atoms with Gasteiger partial charge in [-0.2, -0.15) is 0 Å². The predicted octanol–water partition coefficient (Wildman–Crippen LogP) is 2.84. The van der Waals surface area contributed by atoms with Crippen LogP contribution in [0.3, 0.4) is 0 Å². The van der Waals surface area contributed by atoms with Gasteiger partial charge in [-0.3, -0.25) is 14.5 Å². The number of alkyl carbamates (subject to hydrolysis) is 1. The van der Waals surface area contributed by atoms with Gasteiger partial charge in [-0.25, -0.2) is 13.2 Å². The molecule has 0 saturated carbocycles. The van der Waals surface area contributed by atoms with Crippen molar-refractivity contribution in [3.63, 3.8) is 0 Å². The van der Waals surface area contributed by atoms with E-state index in [1.807, 2.05) is 30.3 Å². The first-order valence-electron chi connectivity index (χ1n) is 10.7. The van der Waals surface area contributed by atoms with Crippen molar-refractivity contribution in [2.24, 2.45) is 4.99 Å². The molecule has 2 aromatic carbocycles. The highest BCUT2D eigenvalue weighted by atomic mass is 32.2. The first kappa shape index (κ1) is 24.2. The Labute approximate surface area is 193 Å². The Morgan fingerprint density at radius 3 is 2.61 bits per heavy atom. The van der Waals surface area contributed by atoms with Crippen LogP contribution in [-0.4, -0.2) is 46.0 Å². The number of anilines is 1. The van der Waals surface area contributed by atoms with E-state index in [1.54, 1.807) is 12.1 Å². The molecule has 0 spiro atoms. The van der Waals surface area contributed by atoms with Gasteiger partial charge in [0, 0.05) is 25.1 Å². The fraction of sp³-hybridized carbons (Fsp3) is 0.348. The van der Waals surface area contributed by atoms with Gasteiger partial charge in [0.15, 0.2) is 0 Å². The molecule has 9 nitrogen and oxygen atoms in total. The molecule has 0 radical (unpaired) electrons. The Morgan fingerprint density at radius 1 is 1.06 bits per heavy atom. The van der Waals surface area contributed by atoms with Crippen LogP contribution >= 0.6 is 0 Å². The van der Waals surface area contributed by atoms with Gasteiger partial charge in [0.25, 0.3) is 10.0 Å². The largest absolute Gasteiger partial charge is 0.453 e. The summed E-state index contributed by atoms with van der Waals surface area (Å²) in [6, 6.07) is 14.2. The molecule has 0 aromatic heterocycles. The Bertz CT molecular complexity index is 1100. The molecule has 2 amide bonds. The van der Waals surface area contributed by atoms with Crippen LogP contribution in [-0.2, 0) is 26.0 Å². The monoisotopic (exact) mass is 472 g/mol. The minimum absolute atomic E-state index is 0.00721. The highest BCUT2D eigenvalue weighted by molar-refractivity contribution is 7.90. The molecule has 0 saturated heterocycles. The third-order valence-electron chi connectivity index (χ3n) is 5.12. The van der Waals surface area contributed by atoms with Crippen LogP contribution < -0.4 is 15.4 Å². The maximum atomic E-state index is 12.9. The number of carbonyl (C=O) groups excluding carboxylic acids is 2. The number of nitrogens with one attached hydrogen (secondary N) is 3. The van der Waals surface area contributed by atoms with Crippen LogP contribution in [0.15, 0.2) is 64.5 Å². The standard InChI is InChI=1S/C23H28N4O5S/c1-32-23(29)26-20(15-17-9-4-2-5-10-17)22(28)25-18-11-8-12-19(16-18)33(30,31)27-21-13-6-3-7-14-24-21/h2,4-5,8-12,16,20H,3,6-7,13-15H2,1H3,(H,24,27)(H,25,28)(H,26,29). The molecular formula is C23H28N4O5S. The van der Waals surface area contributed by atoms with E-state index in [0.717, 1.165) is 24.8 Å². The molecule has 2 aromatic rings. The summed E-state index contributed by atoms with van der Waals surface area (Å²) in [4.78, 5) is 29.0. The summed E-state index contributed by atoms with van der Waals surface area (Å²) >= 11 is 0. The Kier molecular flexibility index (Phi) is 8.42. The normalized spacial score (nSPS) is 14.9. The second kappa shape index (κ2) is 11.5. The van der Waals surface area contributed by atoms with Crippen LogP contribution in [0.4, 0.5) is 10.5 Å². The van der Waals surface area contributed by atoms with Crippen molar-refractivity contribution in [1.29, 1.82) is 0 Å². The zero-order chi connectivity index (χ0) is 23.7. The van der Waals surface area contributed by atoms with Crippen molar-refractivity contribution < 1.29 is 22.7 Å². The molecule has 0 fully saturated rings. The number of ether oxygens (including phenoxy) is 1. The molecule has 3 N–H and O–H groups in total. The topological polar surface area (TPSA) is 126 Å². The van der Waals surface area contributed by atoms with Crippen molar-refractivity contribution in [3.05, 3.63) is 60.2 Å². The average molecular weight is 473 g/mol. The summed E-state index contributed by atoms with van der Waals surface area (Å²) in [5.74, 6) is -0.0490. The molecule has 0 bridgehead atoms. The number of hydrogen-bond acceptors (Lipinski definition) is 6. The van der Waals surface area contributed by atoms with Gasteiger partial charge in [0.1, 0.15) is 11.9 Å². The first-order chi connectivity index (χ1) is 15.9. The van der Waals surface area contributed by atoms with Crippen LogP contribution in [0.1, 0.15) is 31.2 Å². The van der Waals surface area contributed by atoms with Crippen LogP contribution in [0.5, 0.6) is 0 Å². The van der Waals surface area contributed by atoms with Gasteiger partial charge in [-0.1, -0.05) is 42.8 Å². The summed E-state index contributed by atoms with van der Waals surface area (Å²) < 4.78 is 32.9. The van der Waals surface area contributed by atoms with Crippen molar-refractivity contribution in [2.45, 2.75) is 43.0 Å². The van der Waals surface area contributed by atoms with E-state index < -0.39 is 28.1 Å². The van der Waals surface area contributed by atoms with Crippen molar-refractivity contribution in [2.75, 3.05) is 19.0 Å². The van der Waals surface area contributed by atoms with Gasteiger partial charge < -0.3 is 15.4 Å². The highest BCUT2D eigenvalue weighted by Crippen LogP contribution is 2.17. The van der Waals surface area contributed by atoms with Gasteiger partial charge >= 0.3 is 6.09 Å². The zero-order valence-electron chi connectivity index (χ0n) is 18.4. The number of nitrogens with zero attached hydrogens (tertiary/aromatic N) is 1. The van der Waals surface area contributed by atoms with Crippen molar-refractivity contribution in [3.8, 4) is 0 Å². The molecule has 1 aliphatic heterocycles. The fourth-order valence-electron chi connectivity index (χ4n) is 3.40. The van der Waals surface area contributed by atoms with E-state index in [0.29, 0.717) is 18.8 Å².